The Hall–Kier alpha value is -2.82. The SMILES string of the molecule is CCNC(=NCC(=O)Nc1ccccc1)NCCc1ccccc1. The zero-order chi connectivity index (χ0) is 17.0. The molecule has 0 unspecified atom stereocenters. The summed E-state index contributed by atoms with van der Waals surface area (Å²) < 4.78 is 0. The van der Waals surface area contributed by atoms with E-state index in [1.54, 1.807) is 0 Å². The van der Waals surface area contributed by atoms with Gasteiger partial charge in [-0.25, -0.2) is 4.99 Å². The maximum Gasteiger partial charge on any atom is 0.246 e. The Morgan fingerprint density at radius 3 is 2.29 bits per heavy atom. The lowest BCUT2D eigenvalue weighted by Gasteiger charge is -2.11. The number of hydrogen-bond donors (Lipinski definition) is 3. The van der Waals surface area contributed by atoms with Crippen molar-refractivity contribution in [3.05, 3.63) is 66.2 Å². The molecule has 0 aromatic heterocycles. The van der Waals surface area contributed by atoms with Gasteiger partial charge in [0, 0.05) is 18.8 Å². The number of nitrogens with zero attached hydrogens (tertiary/aromatic N) is 1. The Balaban J connectivity index is 1.80. The fourth-order valence-corrected chi connectivity index (χ4v) is 2.18. The van der Waals surface area contributed by atoms with Gasteiger partial charge in [-0.1, -0.05) is 48.5 Å². The summed E-state index contributed by atoms with van der Waals surface area (Å²) in [6.45, 7) is 3.58. The molecule has 0 saturated carbocycles. The van der Waals surface area contributed by atoms with Crippen LogP contribution in [0.15, 0.2) is 65.7 Å². The number of para-hydroxylation sites is 1. The molecular formula is C19H24N4O. The van der Waals surface area contributed by atoms with Crippen molar-refractivity contribution >= 4 is 17.6 Å². The Labute approximate surface area is 143 Å². The van der Waals surface area contributed by atoms with Crippen molar-refractivity contribution < 1.29 is 4.79 Å². The third kappa shape index (κ3) is 6.52. The molecule has 126 valence electrons. The highest BCUT2D eigenvalue weighted by Crippen LogP contribution is 2.04. The molecule has 5 heteroatoms. The number of nitrogens with one attached hydrogen (secondary N) is 3. The van der Waals surface area contributed by atoms with Gasteiger partial charge in [0.2, 0.25) is 5.91 Å². The van der Waals surface area contributed by atoms with Crippen molar-refractivity contribution in [2.45, 2.75) is 13.3 Å². The quantitative estimate of drug-likeness (QED) is 0.541. The highest BCUT2D eigenvalue weighted by Gasteiger charge is 2.03. The molecule has 2 aromatic carbocycles. The summed E-state index contributed by atoms with van der Waals surface area (Å²) in [6, 6.07) is 19.6. The average molecular weight is 324 g/mol. The summed E-state index contributed by atoms with van der Waals surface area (Å²) in [5.41, 5.74) is 2.04. The lowest BCUT2D eigenvalue weighted by Crippen LogP contribution is -2.39. The molecule has 2 aromatic rings. The maximum absolute atomic E-state index is 11.9. The molecule has 0 aliphatic rings. The largest absolute Gasteiger partial charge is 0.357 e. The number of rotatable bonds is 7. The second-order valence-corrected chi connectivity index (χ2v) is 5.27. The number of carbonyl (C=O) groups excluding carboxylic acids is 1. The Morgan fingerprint density at radius 1 is 0.958 bits per heavy atom. The van der Waals surface area contributed by atoms with Gasteiger partial charge in [0.15, 0.2) is 5.96 Å². The van der Waals surface area contributed by atoms with Crippen LogP contribution in [0.1, 0.15) is 12.5 Å². The number of anilines is 1. The highest BCUT2D eigenvalue weighted by atomic mass is 16.1. The first-order valence-corrected chi connectivity index (χ1v) is 8.19. The first-order valence-electron chi connectivity index (χ1n) is 8.19. The molecule has 2 rings (SSSR count). The number of carbonyl (C=O) groups is 1. The molecule has 5 nitrogen and oxygen atoms in total. The summed E-state index contributed by atoms with van der Waals surface area (Å²) in [5.74, 6) is 0.512. The molecule has 0 radical (unpaired) electrons. The van der Waals surface area contributed by atoms with Crippen LogP contribution in [0.2, 0.25) is 0 Å². The fourth-order valence-electron chi connectivity index (χ4n) is 2.18. The van der Waals surface area contributed by atoms with E-state index < -0.39 is 0 Å². The van der Waals surface area contributed by atoms with Crippen LogP contribution in [-0.2, 0) is 11.2 Å². The molecule has 3 N–H and O–H groups in total. The van der Waals surface area contributed by atoms with Gasteiger partial charge in [0.05, 0.1) is 0 Å². The first kappa shape index (κ1) is 17.5. The third-order valence-electron chi connectivity index (χ3n) is 3.33. The minimum atomic E-state index is -0.138. The van der Waals surface area contributed by atoms with Crippen molar-refractivity contribution in [1.29, 1.82) is 0 Å². The van der Waals surface area contributed by atoms with Crippen LogP contribution in [-0.4, -0.2) is 31.5 Å². The van der Waals surface area contributed by atoms with Crippen molar-refractivity contribution in [3.8, 4) is 0 Å². The average Bonchev–Trinajstić information content (AvgIpc) is 2.61. The topological polar surface area (TPSA) is 65.5 Å². The second-order valence-electron chi connectivity index (χ2n) is 5.27. The standard InChI is InChI=1S/C19H24N4O/c1-2-20-19(21-14-13-16-9-5-3-6-10-16)22-15-18(24)23-17-11-7-4-8-12-17/h3-12H,2,13-15H2,1H3,(H,23,24)(H2,20,21,22). The van der Waals surface area contributed by atoms with Crippen molar-refractivity contribution in [2.24, 2.45) is 4.99 Å². The normalized spacial score (nSPS) is 11.0. The van der Waals surface area contributed by atoms with E-state index >= 15 is 0 Å². The summed E-state index contributed by atoms with van der Waals surface area (Å²) in [6.07, 6.45) is 0.904. The summed E-state index contributed by atoms with van der Waals surface area (Å²) in [7, 11) is 0. The second kappa shape index (κ2) is 10.0. The molecule has 0 aliphatic heterocycles. The molecule has 0 heterocycles. The number of aliphatic imine (C=N–C) groups is 1. The first-order chi connectivity index (χ1) is 11.8. The zero-order valence-corrected chi connectivity index (χ0v) is 14.0. The van der Waals surface area contributed by atoms with Gasteiger partial charge in [0.1, 0.15) is 6.54 Å². The summed E-state index contributed by atoms with van der Waals surface area (Å²) in [4.78, 5) is 16.3. The van der Waals surface area contributed by atoms with Crippen LogP contribution in [0, 0.1) is 0 Å². The van der Waals surface area contributed by atoms with Crippen LogP contribution in [0.25, 0.3) is 0 Å². The van der Waals surface area contributed by atoms with E-state index in [0.29, 0.717) is 5.96 Å². The molecule has 0 aliphatic carbocycles. The minimum Gasteiger partial charge on any atom is -0.357 e. The van der Waals surface area contributed by atoms with Crippen LogP contribution in [0.4, 0.5) is 5.69 Å². The van der Waals surface area contributed by atoms with Crippen LogP contribution < -0.4 is 16.0 Å². The van der Waals surface area contributed by atoms with Gasteiger partial charge >= 0.3 is 0 Å². The molecule has 0 atom stereocenters. The number of amides is 1. The molecule has 1 amide bonds. The van der Waals surface area contributed by atoms with Gasteiger partial charge in [-0.15, -0.1) is 0 Å². The van der Waals surface area contributed by atoms with Crippen molar-refractivity contribution in [2.75, 3.05) is 25.0 Å². The maximum atomic E-state index is 11.9. The van der Waals surface area contributed by atoms with E-state index in [-0.39, 0.29) is 12.5 Å². The van der Waals surface area contributed by atoms with E-state index in [9.17, 15) is 4.79 Å². The predicted octanol–water partition coefficient (Wildman–Crippen LogP) is 2.42. The van der Waals surface area contributed by atoms with Crippen LogP contribution >= 0.6 is 0 Å². The molecule has 0 bridgehead atoms. The monoisotopic (exact) mass is 324 g/mol. The van der Waals surface area contributed by atoms with Crippen molar-refractivity contribution in [1.82, 2.24) is 10.6 Å². The van der Waals surface area contributed by atoms with Gasteiger partial charge in [0.25, 0.3) is 0 Å². The predicted molar refractivity (Wildman–Crippen MR) is 99.2 cm³/mol. The van der Waals surface area contributed by atoms with E-state index in [2.05, 4.69) is 33.1 Å². The summed E-state index contributed by atoms with van der Waals surface area (Å²) >= 11 is 0. The van der Waals surface area contributed by atoms with Gasteiger partial charge in [-0.3, -0.25) is 4.79 Å². The Kier molecular flexibility index (Phi) is 7.34. The Morgan fingerprint density at radius 2 is 1.62 bits per heavy atom. The number of hydrogen-bond acceptors (Lipinski definition) is 2. The Bertz CT molecular complexity index is 641. The minimum absolute atomic E-state index is 0.0789. The van der Waals surface area contributed by atoms with E-state index in [1.807, 2.05) is 55.5 Å². The zero-order valence-electron chi connectivity index (χ0n) is 14.0. The summed E-state index contributed by atoms with van der Waals surface area (Å²) in [5, 5.41) is 9.21. The van der Waals surface area contributed by atoms with Crippen LogP contribution in [0.3, 0.4) is 0 Å². The van der Waals surface area contributed by atoms with E-state index in [1.165, 1.54) is 5.56 Å². The van der Waals surface area contributed by atoms with Gasteiger partial charge in [-0.05, 0) is 31.0 Å². The number of benzene rings is 2. The lowest BCUT2D eigenvalue weighted by atomic mass is 10.1. The van der Waals surface area contributed by atoms with E-state index in [0.717, 1.165) is 25.2 Å². The molecule has 0 saturated heterocycles. The third-order valence-corrected chi connectivity index (χ3v) is 3.33. The lowest BCUT2D eigenvalue weighted by molar-refractivity contribution is -0.114. The molecular weight excluding hydrogens is 300 g/mol. The highest BCUT2D eigenvalue weighted by molar-refractivity contribution is 5.94. The smallest absolute Gasteiger partial charge is 0.246 e. The fraction of sp³-hybridized carbons (Fsp3) is 0.263. The number of guanidine groups is 1. The van der Waals surface area contributed by atoms with Gasteiger partial charge in [-0.2, -0.15) is 0 Å². The van der Waals surface area contributed by atoms with Crippen molar-refractivity contribution in [3.63, 3.8) is 0 Å². The molecule has 0 fully saturated rings. The van der Waals surface area contributed by atoms with E-state index in [4.69, 9.17) is 0 Å². The molecule has 0 spiro atoms. The molecule has 24 heavy (non-hydrogen) atoms. The van der Waals surface area contributed by atoms with Gasteiger partial charge < -0.3 is 16.0 Å². The van der Waals surface area contributed by atoms with Crippen LogP contribution in [0.5, 0.6) is 0 Å².